The van der Waals surface area contributed by atoms with E-state index in [0.29, 0.717) is 18.1 Å². The molecule has 4 amide bonds. The Hall–Kier alpha value is -2.32. The van der Waals surface area contributed by atoms with Gasteiger partial charge < -0.3 is 10.2 Å². The fourth-order valence-electron chi connectivity index (χ4n) is 4.73. The Bertz CT molecular complexity index is 835. The molecule has 30 heavy (non-hydrogen) atoms. The quantitative estimate of drug-likeness (QED) is 0.720. The molecule has 3 fully saturated rings. The first-order valence-electron chi connectivity index (χ1n) is 10.7. The smallest absolute Gasteiger partial charge is 0.337 e. The van der Waals surface area contributed by atoms with E-state index in [0.717, 1.165) is 37.7 Å². The first kappa shape index (κ1) is 20.9. The lowest BCUT2D eigenvalue weighted by molar-refractivity contribution is -0.156. The van der Waals surface area contributed by atoms with Crippen molar-refractivity contribution in [3.63, 3.8) is 0 Å². The second-order valence-corrected chi connectivity index (χ2v) is 8.54. The van der Waals surface area contributed by atoms with Gasteiger partial charge in [-0.2, -0.15) is 5.43 Å². The van der Waals surface area contributed by atoms with Crippen LogP contribution in [-0.2, 0) is 16.1 Å². The van der Waals surface area contributed by atoms with Gasteiger partial charge in [0.25, 0.3) is 0 Å². The maximum absolute atomic E-state index is 13.2. The molecule has 3 unspecified atom stereocenters. The molecule has 9 heteroatoms. The number of benzene rings is 1. The molecular weight excluding hydrogens is 406 g/mol. The van der Waals surface area contributed by atoms with Crippen molar-refractivity contribution in [3.8, 4) is 0 Å². The van der Waals surface area contributed by atoms with E-state index in [1.807, 2.05) is 25.1 Å². The average Bonchev–Trinajstić information content (AvgIpc) is 3.06. The molecule has 1 aliphatic carbocycles. The first-order valence-corrected chi connectivity index (χ1v) is 11.1. The summed E-state index contributed by atoms with van der Waals surface area (Å²) in [7, 11) is 0. The Kier molecular flexibility index (Phi) is 6.15. The molecule has 1 aromatic rings. The topological polar surface area (TPSA) is 85.0 Å². The van der Waals surface area contributed by atoms with Gasteiger partial charge in [0.15, 0.2) is 6.29 Å². The van der Waals surface area contributed by atoms with Gasteiger partial charge in [-0.25, -0.2) is 9.80 Å². The van der Waals surface area contributed by atoms with Gasteiger partial charge in [-0.15, -0.1) is 0 Å². The average molecular weight is 434 g/mol. The number of urea groups is 1. The molecule has 1 aromatic carbocycles. The van der Waals surface area contributed by atoms with Crippen LogP contribution in [0, 0.1) is 5.92 Å². The lowest BCUT2D eigenvalue weighted by Crippen LogP contribution is -2.66. The van der Waals surface area contributed by atoms with Crippen molar-refractivity contribution >= 4 is 29.4 Å². The van der Waals surface area contributed by atoms with Gasteiger partial charge in [0.1, 0.15) is 6.54 Å². The molecule has 0 radical (unpaired) electrons. The Balaban J connectivity index is 1.44. The van der Waals surface area contributed by atoms with Gasteiger partial charge in [0.05, 0.1) is 5.92 Å². The predicted molar refractivity (Wildman–Crippen MR) is 112 cm³/mol. The second kappa shape index (κ2) is 8.81. The van der Waals surface area contributed by atoms with Crippen LogP contribution < -0.4 is 10.7 Å². The summed E-state index contributed by atoms with van der Waals surface area (Å²) in [6.07, 6.45) is 3.96. The number of carbonyl (C=O) groups excluding carboxylic acids is 3. The molecular formula is C21H28ClN5O3. The zero-order valence-electron chi connectivity index (χ0n) is 17.1. The number of carbonyl (C=O) groups is 3. The highest BCUT2D eigenvalue weighted by Gasteiger charge is 2.54. The van der Waals surface area contributed by atoms with Crippen LogP contribution in [-0.4, -0.2) is 58.1 Å². The molecule has 0 bridgehead atoms. The van der Waals surface area contributed by atoms with Crippen molar-refractivity contribution in [1.82, 2.24) is 25.6 Å². The van der Waals surface area contributed by atoms with Crippen LogP contribution in [0.25, 0.3) is 0 Å². The predicted octanol–water partition coefficient (Wildman–Crippen LogP) is 2.29. The molecule has 1 saturated carbocycles. The third-order valence-electron chi connectivity index (χ3n) is 6.17. The Morgan fingerprint density at radius 1 is 1.23 bits per heavy atom. The zero-order chi connectivity index (χ0) is 21.3. The van der Waals surface area contributed by atoms with Crippen LogP contribution in [0.2, 0.25) is 5.02 Å². The number of rotatable bonds is 6. The standard InChI is InChI=1S/C21H28ClN5O3/c1-2-11-25-19(29)15-8-4-6-10-17(15)27-20(25)24-26(21(27)30)13-18(28)23-12-14-7-3-5-9-16(14)22/h3,5,7,9,15,17,20,24H,2,4,6,8,10-13H2,1H3,(H,23,28). The van der Waals surface area contributed by atoms with Crippen LogP contribution in [0.3, 0.4) is 0 Å². The minimum absolute atomic E-state index is 0.0967. The van der Waals surface area contributed by atoms with Gasteiger partial charge in [-0.1, -0.05) is 49.6 Å². The maximum Gasteiger partial charge on any atom is 0.337 e. The van der Waals surface area contributed by atoms with E-state index < -0.39 is 6.29 Å². The molecule has 0 spiro atoms. The van der Waals surface area contributed by atoms with Crippen molar-refractivity contribution in [3.05, 3.63) is 34.9 Å². The van der Waals surface area contributed by atoms with Crippen LogP contribution >= 0.6 is 11.6 Å². The molecule has 2 heterocycles. The van der Waals surface area contributed by atoms with Gasteiger partial charge in [-0.05, 0) is 30.9 Å². The first-order chi connectivity index (χ1) is 14.5. The highest BCUT2D eigenvalue weighted by atomic mass is 35.5. The summed E-state index contributed by atoms with van der Waals surface area (Å²) in [5, 5.41) is 4.73. The number of hydrazine groups is 1. The fourth-order valence-corrected chi connectivity index (χ4v) is 4.93. The van der Waals surface area contributed by atoms with Gasteiger partial charge in [0, 0.05) is 24.2 Å². The number of hydrogen-bond acceptors (Lipinski definition) is 4. The van der Waals surface area contributed by atoms with E-state index in [4.69, 9.17) is 11.6 Å². The van der Waals surface area contributed by atoms with Crippen molar-refractivity contribution in [1.29, 1.82) is 0 Å². The van der Waals surface area contributed by atoms with E-state index in [1.165, 1.54) is 5.01 Å². The van der Waals surface area contributed by atoms with Gasteiger partial charge in [-0.3, -0.25) is 14.5 Å². The third-order valence-corrected chi connectivity index (χ3v) is 6.54. The van der Waals surface area contributed by atoms with Crippen molar-refractivity contribution in [2.75, 3.05) is 13.1 Å². The Labute approximate surface area is 181 Å². The van der Waals surface area contributed by atoms with Crippen LogP contribution in [0.4, 0.5) is 4.79 Å². The molecule has 3 aliphatic rings. The third kappa shape index (κ3) is 3.86. The summed E-state index contributed by atoms with van der Waals surface area (Å²) in [5.74, 6) is -0.307. The van der Waals surface area contributed by atoms with Crippen LogP contribution in [0.5, 0.6) is 0 Å². The van der Waals surface area contributed by atoms with E-state index in [-0.39, 0.29) is 36.3 Å². The SMILES string of the molecule is CCCN1C(=O)C2CCCCC2N2C(=O)N(CC(=O)NCc3ccccc3Cl)NC12. The summed E-state index contributed by atoms with van der Waals surface area (Å²) in [4.78, 5) is 42.3. The van der Waals surface area contributed by atoms with E-state index >= 15 is 0 Å². The van der Waals surface area contributed by atoms with Crippen molar-refractivity contribution in [2.45, 2.75) is 57.9 Å². The maximum atomic E-state index is 13.2. The number of nitrogens with one attached hydrogen (secondary N) is 2. The molecule has 4 rings (SSSR count). The number of amides is 4. The van der Waals surface area contributed by atoms with Crippen molar-refractivity contribution < 1.29 is 14.4 Å². The molecule has 162 valence electrons. The molecule has 8 nitrogen and oxygen atoms in total. The second-order valence-electron chi connectivity index (χ2n) is 8.14. The highest BCUT2D eigenvalue weighted by Crippen LogP contribution is 2.38. The number of hydrogen-bond donors (Lipinski definition) is 2. The minimum atomic E-state index is -0.513. The molecule has 2 aliphatic heterocycles. The Morgan fingerprint density at radius 2 is 2.00 bits per heavy atom. The van der Waals surface area contributed by atoms with E-state index in [2.05, 4.69) is 10.7 Å². The highest BCUT2D eigenvalue weighted by molar-refractivity contribution is 6.31. The minimum Gasteiger partial charge on any atom is -0.350 e. The summed E-state index contributed by atoms with van der Waals surface area (Å²) < 4.78 is 0. The van der Waals surface area contributed by atoms with Crippen LogP contribution in [0.15, 0.2) is 24.3 Å². The molecule has 3 atom stereocenters. The normalized spacial score (nSPS) is 25.9. The monoisotopic (exact) mass is 433 g/mol. The number of fused-ring (bicyclic) bond motifs is 3. The summed E-state index contributed by atoms with van der Waals surface area (Å²) >= 11 is 6.14. The Morgan fingerprint density at radius 3 is 2.77 bits per heavy atom. The summed E-state index contributed by atoms with van der Waals surface area (Å²) in [6, 6.07) is 6.97. The molecule has 2 N–H and O–H groups in total. The summed E-state index contributed by atoms with van der Waals surface area (Å²) in [5.41, 5.74) is 3.92. The van der Waals surface area contributed by atoms with E-state index in [1.54, 1.807) is 15.9 Å². The fraction of sp³-hybridized carbons (Fsp3) is 0.571. The number of nitrogens with zero attached hydrogens (tertiary/aromatic N) is 3. The lowest BCUT2D eigenvalue weighted by Gasteiger charge is -2.48. The number of halogens is 1. The van der Waals surface area contributed by atoms with Gasteiger partial charge in [0.2, 0.25) is 11.8 Å². The van der Waals surface area contributed by atoms with E-state index in [9.17, 15) is 14.4 Å². The summed E-state index contributed by atoms with van der Waals surface area (Å²) in [6.45, 7) is 2.76. The van der Waals surface area contributed by atoms with Gasteiger partial charge >= 0.3 is 6.03 Å². The van der Waals surface area contributed by atoms with Crippen molar-refractivity contribution in [2.24, 2.45) is 5.92 Å². The molecule has 2 saturated heterocycles. The lowest BCUT2D eigenvalue weighted by atomic mass is 9.81. The zero-order valence-corrected chi connectivity index (χ0v) is 17.9. The molecule has 0 aromatic heterocycles. The van der Waals surface area contributed by atoms with Crippen LogP contribution in [0.1, 0.15) is 44.6 Å². The largest absolute Gasteiger partial charge is 0.350 e.